The molecule has 9 heteroatoms. The number of hydrogen-bond donors (Lipinski definition) is 1. The van der Waals surface area contributed by atoms with Gasteiger partial charge in [-0.25, -0.2) is 4.98 Å². The SMILES string of the molecule is O=C(O)[C@H]1CCCN(C(=O)c2csc(-c3ccc([N+](=O)[O-])cc3)n2)C1. The molecule has 8 nitrogen and oxygen atoms in total. The van der Waals surface area contributed by atoms with Crippen molar-refractivity contribution in [3.63, 3.8) is 0 Å². The second-order valence-electron chi connectivity index (χ2n) is 5.77. The Morgan fingerprint density at radius 3 is 2.68 bits per heavy atom. The van der Waals surface area contributed by atoms with E-state index in [2.05, 4.69) is 4.98 Å². The van der Waals surface area contributed by atoms with Gasteiger partial charge in [-0.3, -0.25) is 19.7 Å². The van der Waals surface area contributed by atoms with Gasteiger partial charge in [-0.1, -0.05) is 0 Å². The molecule has 1 aliphatic rings. The van der Waals surface area contributed by atoms with E-state index in [-0.39, 0.29) is 23.8 Å². The number of non-ortho nitro benzene ring substituents is 1. The number of thiazole rings is 1. The van der Waals surface area contributed by atoms with E-state index in [1.807, 2.05) is 0 Å². The molecular formula is C16H15N3O5S. The number of piperidine rings is 1. The molecule has 2 aromatic rings. The Kier molecular flexibility index (Phi) is 4.75. The molecule has 0 aliphatic carbocycles. The van der Waals surface area contributed by atoms with Crippen molar-refractivity contribution in [1.82, 2.24) is 9.88 Å². The summed E-state index contributed by atoms with van der Waals surface area (Å²) in [6.45, 7) is 0.714. The highest BCUT2D eigenvalue weighted by molar-refractivity contribution is 7.13. The highest BCUT2D eigenvalue weighted by Crippen LogP contribution is 2.27. The number of nitro benzene ring substituents is 1. The van der Waals surface area contributed by atoms with Crippen LogP contribution in [0.5, 0.6) is 0 Å². The van der Waals surface area contributed by atoms with Gasteiger partial charge in [-0.05, 0) is 25.0 Å². The number of aromatic nitrogens is 1. The fraction of sp³-hybridized carbons (Fsp3) is 0.312. The van der Waals surface area contributed by atoms with E-state index < -0.39 is 16.8 Å². The van der Waals surface area contributed by atoms with E-state index in [0.29, 0.717) is 30.0 Å². The zero-order valence-corrected chi connectivity index (χ0v) is 13.9. The molecule has 1 atom stereocenters. The lowest BCUT2D eigenvalue weighted by Crippen LogP contribution is -2.42. The number of hydrogen-bond acceptors (Lipinski definition) is 6. The number of nitro groups is 1. The molecule has 1 N–H and O–H groups in total. The Morgan fingerprint density at radius 2 is 2.04 bits per heavy atom. The monoisotopic (exact) mass is 361 g/mol. The highest BCUT2D eigenvalue weighted by atomic mass is 32.1. The van der Waals surface area contributed by atoms with Crippen molar-refractivity contribution >= 4 is 28.9 Å². The van der Waals surface area contributed by atoms with E-state index in [1.165, 1.54) is 28.4 Å². The van der Waals surface area contributed by atoms with E-state index in [4.69, 9.17) is 5.11 Å². The van der Waals surface area contributed by atoms with Crippen molar-refractivity contribution < 1.29 is 19.6 Å². The lowest BCUT2D eigenvalue weighted by atomic mass is 9.98. The maximum atomic E-state index is 12.5. The molecule has 0 radical (unpaired) electrons. The molecule has 1 saturated heterocycles. The second kappa shape index (κ2) is 6.98. The van der Waals surface area contributed by atoms with Crippen molar-refractivity contribution in [1.29, 1.82) is 0 Å². The molecule has 1 amide bonds. The predicted molar refractivity (Wildman–Crippen MR) is 90.5 cm³/mol. The van der Waals surface area contributed by atoms with Crippen LogP contribution in [-0.2, 0) is 4.79 Å². The number of amides is 1. The minimum Gasteiger partial charge on any atom is -0.481 e. The van der Waals surface area contributed by atoms with Crippen LogP contribution in [-0.4, -0.2) is 44.9 Å². The van der Waals surface area contributed by atoms with Crippen LogP contribution in [0.15, 0.2) is 29.6 Å². The molecule has 1 aromatic carbocycles. The molecule has 0 saturated carbocycles. The third-order valence-electron chi connectivity index (χ3n) is 4.11. The predicted octanol–water partition coefficient (Wildman–Crippen LogP) is 2.66. The first-order valence-corrected chi connectivity index (χ1v) is 8.56. The molecule has 2 heterocycles. The first kappa shape index (κ1) is 17.0. The molecular weight excluding hydrogens is 346 g/mol. The van der Waals surface area contributed by atoms with E-state index in [1.54, 1.807) is 17.5 Å². The Balaban J connectivity index is 1.75. The fourth-order valence-electron chi connectivity index (χ4n) is 2.76. The van der Waals surface area contributed by atoms with Gasteiger partial charge in [0.15, 0.2) is 0 Å². The number of carbonyl (C=O) groups excluding carboxylic acids is 1. The minimum absolute atomic E-state index is 0.00960. The highest BCUT2D eigenvalue weighted by Gasteiger charge is 2.29. The molecule has 1 aliphatic heterocycles. The third kappa shape index (κ3) is 3.66. The molecule has 1 fully saturated rings. The summed E-state index contributed by atoms with van der Waals surface area (Å²) in [7, 11) is 0. The summed E-state index contributed by atoms with van der Waals surface area (Å²) in [6.07, 6.45) is 1.23. The van der Waals surface area contributed by atoms with Crippen LogP contribution in [0.25, 0.3) is 10.6 Å². The number of carboxylic acid groups (broad SMARTS) is 1. The van der Waals surface area contributed by atoms with Crippen LogP contribution in [0.1, 0.15) is 23.3 Å². The number of rotatable bonds is 4. The Bertz CT molecular complexity index is 817. The standard InChI is InChI=1S/C16H15N3O5S/c20-15(18-7-1-2-11(8-18)16(21)22)13-9-25-14(17-13)10-3-5-12(6-4-10)19(23)24/h3-6,9,11H,1-2,7-8H2,(H,21,22)/t11-/m0/s1. The number of aliphatic carboxylic acids is 1. The Morgan fingerprint density at radius 1 is 1.32 bits per heavy atom. The van der Waals surface area contributed by atoms with Gasteiger partial charge in [-0.2, -0.15) is 0 Å². The molecule has 25 heavy (non-hydrogen) atoms. The minimum atomic E-state index is -0.887. The summed E-state index contributed by atoms with van der Waals surface area (Å²) < 4.78 is 0. The first-order valence-electron chi connectivity index (χ1n) is 7.68. The number of likely N-dealkylation sites (tertiary alicyclic amines) is 1. The molecule has 0 unspecified atom stereocenters. The molecule has 130 valence electrons. The van der Waals surface area contributed by atoms with Crippen LogP contribution in [0.4, 0.5) is 5.69 Å². The Hall–Kier alpha value is -2.81. The zero-order valence-electron chi connectivity index (χ0n) is 13.1. The quantitative estimate of drug-likeness (QED) is 0.661. The maximum Gasteiger partial charge on any atom is 0.308 e. The largest absolute Gasteiger partial charge is 0.481 e. The lowest BCUT2D eigenvalue weighted by molar-refractivity contribution is -0.384. The molecule has 1 aromatic heterocycles. The van der Waals surface area contributed by atoms with E-state index in [9.17, 15) is 19.7 Å². The molecule has 0 spiro atoms. The van der Waals surface area contributed by atoms with Gasteiger partial charge in [0.1, 0.15) is 10.7 Å². The van der Waals surface area contributed by atoms with Crippen molar-refractivity contribution in [3.05, 3.63) is 45.5 Å². The third-order valence-corrected chi connectivity index (χ3v) is 5.00. The van der Waals surface area contributed by atoms with E-state index >= 15 is 0 Å². The number of carbonyl (C=O) groups is 2. The lowest BCUT2D eigenvalue weighted by Gasteiger charge is -2.30. The van der Waals surface area contributed by atoms with Crippen LogP contribution < -0.4 is 0 Å². The van der Waals surface area contributed by atoms with Crippen LogP contribution >= 0.6 is 11.3 Å². The second-order valence-corrected chi connectivity index (χ2v) is 6.63. The van der Waals surface area contributed by atoms with Crippen molar-refractivity contribution in [3.8, 4) is 10.6 Å². The van der Waals surface area contributed by atoms with Gasteiger partial charge in [0.2, 0.25) is 0 Å². The van der Waals surface area contributed by atoms with Crippen molar-refractivity contribution in [2.75, 3.05) is 13.1 Å². The zero-order chi connectivity index (χ0) is 18.0. The number of nitrogens with zero attached hydrogens (tertiary/aromatic N) is 3. The topological polar surface area (TPSA) is 114 Å². The summed E-state index contributed by atoms with van der Waals surface area (Å²) in [4.78, 5) is 39.7. The Labute approximate surface area is 146 Å². The first-order chi connectivity index (χ1) is 12.0. The number of carboxylic acids is 1. The van der Waals surface area contributed by atoms with Crippen LogP contribution in [0, 0.1) is 16.0 Å². The smallest absolute Gasteiger partial charge is 0.308 e. The summed E-state index contributed by atoms with van der Waals surface area (Å²) in [6, 6.07) is 5.96. The number of benzene rings is 1. The average molecular weight is 361 g/mol. The van der Waals surface area contributed by atoms with Gasteiger partial charge in [-0.15, -0.1) is 11.3 Å². The maximum absolute atomic E-state index is 12.5. The molecule has 0 bridgehead atoms. The van der Waals surface area contributed by atoms with Gasteiger partial charge in [0.25, 0.3) is 11.6 Å². The van der Waals surface area contributed by atoms with E-state index in [0.717, 1.165) is 0 Å². The summed E-state index contributed by atoms with van der Waals surface area (Å²) >= 11 is 1.27. The fourth-order valence-corrected chi connectivity index (χ4v) is 3.56. The van der Waals surface area contributed by atoms with Crippen LogP contribution in [0.3, 0.4) is 0 Å². The van der Waals surface area contributed by atoms with Gasteiger partial charge in [0, 0.05) is 36.2 Å². The van der Waals surface area contributed by atoms with Crippen molar-refractivity contribution in [2.24, 2.45) is 5.92 Å². The van der Waals surface area contributed by atoms with Crippen LogP contribution in [0.2, 0.25) is 0 Å². The molecule has 3 rings (SSSR count). The van der Waals surface area contributed by atoms with Crippen molar-refractivity contribution in [2.45, 2.75) is 12.8 Å². The summed E-state index contributed by atoms with van der Waals surface area (Å²) in [5.74, 6) is -1.71. The van der Waals surface area contributed by atoms with Gasteiger partial charge in [0.05, 0.1) is 10.8 Å². The van der Waals surface area contributed by atoms with Gasteiger partial charge < -0.3 is 10.0 Å². The average Bonchev–Trinajstić information content (AvgIpc) is 3.11. The van der Waals surface area contributed by atoms with Gasteiger partial charge >= 0.3 is 5.97 Å². The summed E-state index contributed by atoms with van der Waals surface area (Å²) in [5.41, 5.74) is 0.950. The summed E-state index contributed by atoms with van der Waals surface area (Å²) in [5, 5.41) is 22.0. The normalized spacial score (nSPS) is 17.3.